The van der Waals surface area contributed by atoms with Crippen molar-refractivity contribution in [3.63, 3.8) is 0 Å². The predicted octanol–water partition coefficient (Wildman–Crippen LogP) is 4.59. The average Bonchev–Trinajstić information content (AvgIpc) is 2.80. The molecule has 1 saturated heterocycles. The van der Waals surface area contributed by atoms with Crippen LogP contribution >= 0.6 is 23.2 Å². The van der Waals surface area contributed by atoms with Gasteiger partial charge >= 0.3 is 0 Å². The van der Waals surface area contributed by atoms with Gasteiger partial charge in [-0.05, 0) is 38.1 Å². The molecule has 0 unspecified atom stereocenters. The van der Waals surface area contributed by atoms with Gasteiger partial charge in [-0.1, -0.05) is 37.0 Å². The summed E-state index contributed by atoms with van der Waals surface area (Å²) in [5.74, 6) is 1.50. The summed E-state index contributed by atoms with van der Waals surface area (Å²) in [4.78, 5) is 2.29. The maximum absolute atomic E-state index is 6.14. The first-order valence-electron chi connectivity index (χ1n) is 7.94. The van der Waals surface area contributed by atoms with E-state index >= 15 is 0 Å². The van der Waals surface area contributed by atoms with E-state index in [9.17, 15) is 0 Å². The number of aromatic nitrogens is 2. The summed E-state index contributed by atoms with van der Waals surface area (Å²) < 4.78 is 8.28. The van der Waals surface area contributed by atoms with Crippen LogP contribution in [0.4, 0.5) is 0 Å². The van der Waals surface area contributed by atoms with Crippen LogP contribution in [0.2, 0.25) is 10.0 Å². The van der Waals surface area contributed by atoms with Crippen molar-refractivity contribution in [3.8, 4) is 11.5 Å². The summed E-state index contributed by atoms with van der Waals surface area (Å²) >= 11 is 12.2. The third-order valence-corrected chi connectivity index (χ3v) is 4.58. The van der Waals surface area contributed by atoms with Gasteiger partial charge in [0.1, 0.15) is 11.4 Å². The average molecular weight is 354 g/mol. The fourth-order valence-electron chi connectivity index (χ4n) is 3.01. The predicted molar refractivity (Wildman–Crippen MR) is 94.1 cm³/mol. The van der Waals surface area contributed by atoms with E-state index in [1.807, 2.05) is 0 Å². The maximum Gasteiger partial charge on any atom is 0.171 e. The minimum absolute atomic E-state index is 0.431. The number of hydrogen-bond donors (Lipinski definition) is 0. The summed E-state index contributed by atoms with van der Waals surface area (Å²) in [6.07, 6.45) is 1.70. The largest absolute Gasteiger partial charge is 0.453 e. The molecule has 0 N–H and O–H groups in total. The number of rotatable bonds is 5. The molecule has 0 saturated carbocycles. The topological polar surface area (TPSA) is 30.3 Å². The second-order valence-electron chi connectivity index (χ2n) is 5.96. The molecule has 1 aliphatic rings. The zero-order chi connectivity index (χ0) is 16.6. The standard InChI is InChI=1S/C17H21Cl2N3O/c1-4-15-17(23-14-7-11(18)6-12(19)8-14)16(5-2)22(20-15)13-9-21(3)10-13/h6-8,13H,4-5,9-10H2,1-3H3. The second kappa shape index (κ2) is 6.71. The van der Waals surface area contributed by atoms with Crippen molar-refractivity contribution in [1.82, 2.24) is 14.7 Å². The molecule has 0 bridgehead atoms. The van der Waals surface area contributed by atoms with Crippen molar-refractivity contribution < 1.29 is 4.74 Å². The molecule has 1 aliphatic heterocycles. The van der Waals surface area contributed by atoms with Crippen LogP contribution in [0.15, 0.2) is 18.2 Å². The van der Waals surface area contributed by atoms with Crippen LogP contribution in [-0.4, -0.2) is 34.8 Å². The van der Waals surface area contributed by atoms with Crippen molar-refractivity contribution in [1.29, 1.82) is 0 Å². The van der Waals surface area contributed by atoms with Gasteiger partial charge in [-0.15, -0.1) is 0 Å². The molecule has 1 fully saturated rings. The molecule has 3 rings (SSSR count). The number of likely N-dealkylation sites (tertiary alicyclic amines) is 1. The first-order chi connectivity index (χ1) is 11.0. The van der Waals surface area contributed by atoms with E-state index < -0.39 is 0 Å². The Kier molecular flexibility index (Phi) is 4.85. The van der Waals surface area contributed by atoms with E-state index in [0.717, 1.165) is 43.1 Å². The van der Waals surface area contributed by atoms with E-state index in [2.05, 4.69) is 30.5 Å². The highest BCUT2D eigenvalue weighted by Crippen LogP contribution is 2.35. The van der Waals surface area contributed by atoms with Crippen LogP contribution in [0.3, 0.4) is 0 Å². The van der Waals surface area contributed by atoms with E-state index in [4.69, 9.17) is 33.0 Å². The molecule has 1 aromatic heterocycles. The number of nitrogens with zero attached hydrogens (tertiary/aromatic N) is 3. The van der Waals surface area contributed by atoms with E-state index in [1.54, 1.807) is 18.2 Å². The molecule has 2 heterocycles. The number of likely N-dealkylation sites (N-methyl/N-ethyl adjacent to an activating group) is 1. The molecule has 0 atom stereocenters. The van der Waals surface area contributed by atoms with Crippen LogP contribution in [0.1, 0.15) is 31.3 Å². The molecule has 4 nitrogen and oxygen atoms in total. The van der Waals surface area contributed by atoms with E-state index in [0.29, 0.717) is 21.8 Å². The lowest BCUT2D eigenvalue weighted by Gasteiger charge is -2.37. The smallest absolute Gasteiger partial charge is 0.171 e. The zero-order valence-electron chi connectivity index (χ0n) is 13.6. The Morgan fingerprint density at radius 1 is 1.13 bits per heavy atom. The number of hydrogen-bond acceptors (Lipinski definition) is 3. The Labute approximate surface area is 146 Å². The van der Waals surface area contributed by atoms with Gasteiger partial charge in [0, 0.05) is 23.1 Å². The molecular weight excluding hydrogens is 333 g/mol. The minimum atomic E-state index is 0.431. The lowest BCUT2D eigenvalue weighted by Crippen LogP contribution is -2.45. The fourth-order valence-corrected chi connectivity index (χ4v) is 3.51. The highest BCUT2D eigenvalue weighted by molar-refractivity contribution is 6.34. The van der Waals surface area contributed by atoms with Gasteiger partial charge in [-0.2, -0.15) is 5.10 Å². The third kappa shape index (κ3) is 3.35. The van der Waals surface area contributed by atoms with Crippen molar-refractivity contribution >= 4 is 23.2 Å². The molecule has 124 valence electrons. The van der Waals surface area contributed by atoms with Crippen LogP contribution in [0.25, 0.3) is 0 Å². The van der Waals surface area contributed by atoms with E-state index in [1.165, 1.54) is 0 Å². The molecule has 0 spiro atoms. The highest BCUT2D eigenvalue weighted by atomic mass is 35.5. The Hall–Kier alpha value is -1.23. The lowest BCUT2D eigenvalue weighted by molar-refractivity contribution is 0.127. The molecule has 0 aliphatic carbocycles. The molecular formula is C17H21Cl2N3O. The van der Waals surface area contributed by atoms with Gasteiger partial charge in [0.15, 0.2) is 5.75 Å². The Balaban J connectivity index is 1.96. The SMILES string of the molecule is CCc1nn(C2CN(C)C2)c(CC)c1Oc1cc(Cl)cc(Cl)c1. The number of benzene rings is 1. The van der Waals surface area contributed by atoms with Gasteiger partial charge < -0.3 is 9.64 Å². The van der Waals surface area contributed by atoms with Gasteiger partial charge in [0.25, 0.3) is 0 Å². The molecule has 1 aromatic carbocycles. The van der Waals surface area contributed by atoms with Crippen molar-refractivity contribution in [3.05, 3.63) is 39.6 Å². The maximum atomic E-state index is 6.14. The minimum Gasteiger partial charge on any atom is -0.453 e. The monoisotopic (exact) mass is 353 g/mol. The molecule has 23 heavy (non-hydrogen) atoms. The van der Waals surface area contributed by atoms with Gasteiger partial charge in [0.05, 0.1) is 11.7 Å². The van der Waals surface area contributed by atoms with Gasteiger partial charge in [0.2, 0.25) is 0 Å². The summed E-state index contributed by atoms with van der Waals surface area (Å²) in [6, 6.07) is 5.69. The van der Waals surface area contributed by atoms with Crippen molar-refractivity contribution in [2.24, 2.45) is 0 Å². The van der Waals surface area contributed by atoms with Crippen LogP contribution in [-0.2, 0) is 12.8 Å². The highest BCUT2D eigenvalue weighted by Gasteiger charge is 2.30. The lowest BCUT2D eigenvalue weighted by atomic mass is 10.1. The van der Waals surface area contributed by atoms with Gasteiger partial charge in [-0.3, -0.25) is 4.68 Å². The molecule has 6 heteroatoms. The first kappa shape index (κ1) is 16.6. The molecule has 2 aromatic rings. The number of aryl methyl sites for hydroxylation is 1. The normalized spacial score (nSPS) is 15.7. The first-order valence-corrected chi connectivity index (χ1v) is 8.70. The summed E-state index contributed by atoms with van der Waals surface area (Å²) in [6.45, 7) is 6.28. The number of ether oxygens (including phenoxy) is 1. The van der Waals surface area contributed by atoms with Crippen LogP contribution < -0.4 is 4.74 Å². The Morgan fingerprint density at radius 3 is 2.30 bits per heavy atom. The van der Waals surface area contributed by atoms with Crippen LogP contribution in [0, 0.1) is 0 Å². The molecule has 0 radical (unpaired) electrons. The fraction of sp³-hybridized carbons (Fsp3) is 0.471. The Morgan fingerprint density at radius 2 is 1.78 bits per heavy atom. The second-order valence-corrected chi connectivity index (χ2v) is 6.83. The summed E-state index contributed by atoms with van der Waals surface area (Å²) in [5.41, 5.74) is 2.11. The van der Waals surface area contributed by atoms with E-state index in [-0.39, 0.29) is 0 Å². The number of halogens is 2. The van der Waals surface area contributed by atoms with Crippen molar-refractivity contribution in [2.75, 3.05) is 20.1 Å². The van der Waals surface area contributed by atoms with Gasteiger partial charge in [-0.25, -0.2) is 0 Å². The quantitative estimate of drug-likeness (QED) is 0.787. The van der Waals surface area contributed by atoms with Crippen molar-refractivity contribution in [2.45, 2.75) is 32.7 Å². The Bertz CT molecular complexity index is 688. The summed E-state index contributed by atoms with van der Waals surface area (Å²) in [5, 5.41) is 5.93. The van der Waals surface area contributed by atoms with Crippen LogP contribution in [0.5, 0.6) is 11.5 Å². The zero-order valence-corrected chi connectivity index (χ0v) is 15.2. The third-order valence-electron chi connectivity index (χ3n) is 4.15. The summed E-state index contributed by atoms with van der Waals surface area (Å²) in [7, 11) is 2.12. The molecule has 0 amide bonds.